The van der Waals surface area contributed by atoms with Gasteiger partial charge in [-0.25, -0.2) is 0 Å². The van der Waals surface area contributed by atoms with Gasteiger partial charge in [0, 0.05) is 30.2 Å². The van der Waals surface area contributed by atoms with E-state index >= 15 is 0 Å². The van der Waals surface area contributed by atoms with Crippen molar-refractivity contribution in [1.29, 1.82) is 0 Å². The number of rotatable bonds is 2. The molecule has 4 nitrogen and oxygen atoms in total. The lowest BCUT2D eigenvalue weighted by Gasteiger charge is -2.01. The average Bonchev–Trinajstić information content (AvgIpc) is 2.53. The molecule has 0 radical (unpaired) electrons. The second-order valence-corrected chi connectivity index (χ2v) is 4.19. The van der Waals surface area contributed by atoms with Crippen molar-refractivity contribution in [2.45, 2.75) is 20.8 Å². The molecule has 0 unspecified atom stereocenters. The third-order valence-electron chi connectivity index (χ3n) is 2.91. The summed E-state index contributed by atoms with van der Waals surface area (Å²) in [6, 6.07) is 3.64. The lowest BCUT2D eigenvalue weighted by molar-refractivity contribution is 0.103. The fraction of sp³-hybridized carbons (Fsp3) is 0.308. The second-order valence-electron chi connectivity index (χ2n) is 4.19. The van der Waals surface area contributed by atoms with Crippen molar-refractivity contribution in [3.63, 3.8) is 0 Å². The largest absolute Gasteiger partial charge is 0.288 e. The van der Waals surface area contributed by atoms with Crippen molar-refractivity contribution >= 4 is 5.78 Å². The lowest BCUT2D eigenvalue weighted by atomic mass is 10.0. The molecule has 0 atom stereocenters. The molecule has 2 rings (SSSR count). The Labute approximate surface area is 100 Å². The minimum absolute atomic E-state index is 0.0133. The summed E-state index contributed by atoms with van der Waals surface area (Å²) in [6.07, 6.45) is 1.61. The first-order chi connectivity index (χ1) is 8.00. The number of carbonyl (C=O) groups is 1. The monoisotopic (exact) mass is 229 g/mol. The quantitative estimate of drug-likeness (QED) is 0.740. The second kappa shape index (κ2) is 4.13. The Morgan fingerprint density at radius 3 is 2.41 bits per heavy atom. The van der Waals surface area contributed by atoms with Crippen LogP contribution in [0.5, 0.6) is 0 Å². The maximum atomic E-state index is 12.3. The summed E-state index contributed by atoms with van der Waals surface area (Å²) in [7, 11) is 1.84. The van der Waals surface area contributed by atoms with Gasteiger partial charge in [0.2, 0.25) is 0 Å². The van der Waals surface area contributed by atoms with Gasteiger partial charge >= 0.3 is 0 Å². The Morgan fingerprint density at radius 2 is 1.94 bits per heavy atom. The van der Waals surface area contributed by atoms with Crippen molar-refractivity contribution in [1.82, 2.24) is 14.8 Å². The van der Waals surface area contributed by atoms with Gasteiger partial charge in [-0.2, -0.15) is 5.10 Å². The number of pyridine rings is 1. The molecule has 0 amide bonds. The van der Waals surface area contributed by atoms with Gasteiger partial charge < -0.3 is 0 Å². The number of hydrogen-bond donors (Lipinski definition) is 0. The highest BCUT2D eigenvalue weighted by molar-refractivity contribution is 6.10. The van der Waals surface area contributed by atoms with Gasteiger partial charge in [0.25, 0.3) is 0 Å². The van der Waals surface area contributed by atoms with Gasteiger partial charge in [0.05, 0.1) is 11.3 Å². The van der Waals surface area contributed by atoms with Gasteiger partial charge in [0.15, 0.2) is 5.78 Å². The first-order valence-electron chi connectivity index (χ1n) is 5.48. The Balaban J connectivity index is 2.47. The molecule has 0 aromatic carbocycles. The van der Waals surface area contributed by atoms with Gasteiger partial charge in [-0.1, -0.05) is 0 Å². The van der Waals surface area contributed by atoms with Crippen LogP contribution in [0, 0.1) is 20.8 Å². The molecular formula is C13H15N3O. The summed E-state index contributed by atoms with van der Waals surface area (Å²) in [5, 5.41) is 4.25. The van der Waals surface area contributed by atoms with Crippen molar-refractivity contribution in [3.05, 3.63) is 46.5 Å². The van der Waals surface area contributed by atoms with Crippen LogP contribution in [0.1, 0.15) is 33.0 Å². The van der Waals surface area contributed by atoms with Gasteiger partial charge in [0.1, 0.15) is 0 Å². The highest BCUT2D eigenvalue weighted by Crippen LogP contribution is 2.16. The standard InChI is InChI=1S/C13H15N3O/c1-8-5-6-11(7-14-8)13(17)12-9(2)15-16(4)10(12)3/h5-7H,1-4H3. The van der Waals surface area contributed by atoms with E-state index in [0.717, 1.165) is 17.1 Å². The lowest BCUT2D eigenvalue weighted by Crippen LogP contribution is -2.05. The molecule has 2 aromatic rings. The molecule has 0 aliphatic rings. The van der Waals surface area contributed by atoms with E-state index in [1.165, 1.54) is 0 Å². The number of aryl methyl sites for hydroxylation is 3. The number of nitrogens with zero attached hydrogens (tertiary/aromatic N) is 3. The van der Waals surface area contributed by atoms with Crippen LogP contribution >= 0.6 is 0 Å². The fourth-order valence-electron chi connectivity index (χ4n) is 1.85. The fourth-order valence-corrected chi connectivity index (χ4v) is 1.85. The van der Waals surface area contributed by atoms with Crippen molar-refractivity contribution in [2.24, 2.45) is 7.05 Å². The van der Waals surface area contributed by atoms with Gasteiger partial charge in [-0.3, -0.25) is 14.5 Å². The van der Waals surface area contributed by atoms with Gasteiger partial charge in [-0.15, -0.1) is 0 Å². The maximum Gasteiger partial charge on any atom is 0.198 e. The Bertz CT molecular complexity index is 567. The summed E-state index contributed by atoms with van der Waals surface area (Å²) in [6.45, 7) is 5.64. The Kier molecular flexibility index (Phi) is 2.79. The zero-order valence-corrected chi connectivity index (χ0v) is 10.5. The minimum Gasteiger partial charge on any atom is -0.288 e. The highest BCUT2D eigenvalue weighted by atomic mass is 16.1. The van der Waals surface area contributed by atoms with Crippen LogP contribution in [0.25, 0.3) is 0 Å². The van der Waals surface area contributed by atoms with E-state index < -0.39 is 0 Å². The molecule has 4 heteroatoms. The van der Waals surface area contributed by atoms with Crippen molar-refractivity contribution < 1.29 is 4.79 Å². The van der Waals surface area contributed by atoms with E-state index in [2.05, 4.69) is 10.1 Å². The van der Waals surface area contributed by atoms with Crippen LogP contribution in [0.3, 0.4) is 0 Å². The molecule has 0 saturated carbocycles. The third kappa shape index (κ3) is 1.98. The van der Waals surface area contributed by atoms with Crippen LogP contribution in [0.15, 0.2) is 18.3 Å². The SMILES string of the molecule is Cc1ccc(C(=O)c2c(C)nn(C)c2C)cn1. The Morgan fingerprint density at radius 1 is 1.24 bits per heavy atom. The predicted octanol–water partition coefficient (Wildman–Crippen LogP) is 1.97. The van der Waals surface area contributed by atoms with E-state index in [1.54, 1.807) is 16.9 Å². The van der Waals surface area contributed by atoms with Crippen LogP contribution in [0.2, 0.25) is 0 Å². The number of aromatic nitrogens is 3. The topological polar surface area (TPSA) is 47.8 Å². The smallest absolute Gasteiger partial charge is 0.198 e. The zero-order valence-electron chi connectivity index (χ0n) is 10.5. The van der Waals surface area contributed by atoms with Crippen LogP contribution in [0.4, 0.5) is 0 Å². The molecule has 2 heterocycles. The predicted molar refractivity (Wildman–Crippen MR) is 65.1 cm³/mol. The molecule has 17 heavy (non-hydrogen) atoms. The number of hydrogen-bond acceptors (Lipinski definition) is 3. The van der Waals surface area contributed by atoms with Crippen molar-refractivity contribution in [3.8, 4) is 0 Å². The summed E-state index contributed by atoms with van der Waals surface area (Å²) < 4.78 is 1.73. The average molecular weight is 229 g/mol. The van der Waals surface area contributed by atoms with Gasteiger partial charge in [-0.05, 0) is 32.9 Å². The molecule has 2 aromatic heterocycles. The summed E-state index contributed by atoms with van der Waals surface area (Å²) in [5.41, 5.74) is 3.83. The molecule has 0 saturated heterocycles. The van der Waals surface area contributed by atoms with Crippen LogP contribution in [-0.4, -0.2) is 20.5 Å². The highest BCUT2D eigenvalue weighted by Gasteiger charge is 2.18. The molecule has 0 fully saturated rings. The summed E-state index contributed by atoms with van der Waals surface area (Å²) in [5.74, 6) is -0.0133. The van der Waals surface area contributed by atoms with E-state index in [0.29, 0.717) is 11.1 Å². The minimum atomic E-state index is -0.0133. The van der Waals surface area contributed by atoms with Crippen molar-refractivity contribution in [2.75, 3.05) is 0 Å². The zero-order chi connectivity index (χ0) is 12.6. The number of carbonyl (C=O) groups excluding carboxylic acids is 1. The molecular weight excluding hydrogens is 214 g/mol. The van der Waals surface area contributed by atoms with E-state index in [-0.39, 0.29) is 5.78 Å². The van der Waals surface area contributed by atoms with Crippen LogP contribution < -0.4 is 0 Å². The van der Waals surface area contributed by atoms with Crippen LogP contribution in [-0.2, 0) is 7.05 Å². The Hall–Kier alpha value is -1.97. The van der Waals surface area contributed by atoms with E-state index in [9.17, 15) is 4.79 Å². The first-order valence-corrected chi connectivity index (χ1v) is 5.48. The summed E-state index contributed by atoms with van der Waals surface area (Å²) >= 11 is 0. The molecule has 0 bridgehead atoms. The first kappa shape index (κ1) is 11.5. The molecule has 0 aliphatic heterocycles. The molecule has 88 valence electrons. The van der Waals surface area contributed by atoms with E-state index in [4.69, 9.17) is 0 Å². The number of ketones is 1. The third-order valence-corrected chi connectivity index (χ3v) is 2.91. The molecule has 0 spiro atoms. The molecule has 0 N–H and O–H groups in total. The van der Waals surface area contributed by atoms with E-state index in [1.807, 2.05) is 33.9 Å². The normalized spacial score (nSPS) is 10.6. The molecule has 0 aliphatic carbocycles. The summed E-state index contributed by atoms with van der Waals surface area (Å²) in [4.78, 5) is 16.5. The maximum absolute atomic E-state index is 12.3.